The van der Waals surface area contributed by atoms with Crippen LogP contribution < -0.4 is 10.6 Å². The van der Waals surface area contributed by atoms with Gasteiger partial charge in [0.05, 0.1) is 0 Å². The monoisotopic (exact) mass is 262 g/mol. The molecule has 0 radical (unpaired) electrons. The lowest BCUT2D eigenvalue weighted by Crippen LogP contribution is -2.33. The van der Waals surface area contributed by atoms with Gasteiger partial charge in [0, 0.05) is 19.3 Å². The Bertz CT molecular complexity index is 356. The fourth-order valence-electron chi connectivity index (χ4n) is 2.31. The molecular formula is C17H30N2. The second-order valence-electron chi connectivity index (χ2n) is 6.02. The summed E-state index contributed by atoms with van der Waals surface area (Å²) in [5.41, 5.74) is 8.57. The third kappa shape index (κ3) is 4.54. The maximum atomic E-state index is 5.86. The third-order valence-electron chi connectivity index (χ3n) is 4.27. The fraction of sp³-hybridized carbons (Fsp3) is 0.647. The summed E-state index contributed by atoms with van der Waals surface area (Å²) in [6.07, 6.45) is 1.19. The van der Waals surface area contributed by atoms with Crippen molar-refractivity contribution >= 4 is 5.69 Å². The molecule has 0 saturated heterocycles. The molecule has 2 unspecified atom stereocenters. The first-order chi connectivity index (χ1) is 8.99. The zero-order valence-corrected chi connectivity index (χ0v) is 13.2. The first-order valence-electron chi connectivity index (χ1n) is 7.50. The van der Waals surface area contributed by atoms with Crippen molar-refractivity contribution in [2.75, 3.05) is 25.0 Å². The number of hydrogen-bond donors (Lipinski definition) is 1. The van der Waals surface area contributed by atoms with Crippen LogP contribution in [0.15, 0.2) is 24.3 Å². The Morgan fingerprint density at radius 3 is 2.11 bits per heavy atom. The summed E-state index contributed by atoms with van der Waals surface area (Å²) in [6, 6.07) is 8.98. The Morgan fingerprint density at radius 2 is 1.68 bits per heavy atom. The lowest BCUT2D eigenvalue weighted by Gasteiger charge is -2.27. The Kier molecular flexibility index (Phi) is 6.36. The van der Waals surface area contributed by atoms with Crippen LogP contribution in [0.3, 0.4) is 0 Å². The number of anilines is 1. The van der Waals surface area contributed by atoms with Gasteiger partial charge in [0.1, 0.15) is 0 Å². The van der Waals surface area contributed by atoms with Crippen molar-refractivity contribution in [1.29, 1.82) is 0 Å². The Morgan fingerprint density at radius 1 is 1.11 bits per heavy atom. The number of hydrogen-bond acceptors (Lipinski definition) is 2. The highest BCUT2D eigenvalue weighted by molar-refractivity contribution is 5.47. The zero-order valence-electron chi connectivity index (χ0n) is 13.2. The molecule has 1 rings (SSSR count). The van der Waals surface area contributed by atoms with Gasteiger partial charge in [-0.25, -0.2) is 0 Å². The maximum absolute atomic E-state index is 5.86. The molecule has 1 aromatic carbocycles. The summed E-state index contributed by atoms with van der Waals surface area (Å²) in [7, 11) is 2.16. The number of rotatable bonds is 7. The van der Waals surface area contributed by atoms with Crippen molar-refractivity contribution in [2.24, 2.45) is 17.6 Å². The van der Waals surface area contributed by atoms with Gasteiger partial charge in [-0.2, -0.15) is 0 Å². The molecular weight excluding hydrogens is 232 g/mol. The largest absolute Gasteiger partial charge is 0.374 e. The van der Waals surface area contributed by atoms with Crippen molar-refractivity contribution in [3.63, 3.8) is 0 Å². The summed E-state index contributed by atoms with van der Waals surface area (Å²) in [4.78, 5) is 2.32. The second kappa shape index (κ2) is 7.54. The van der Waals surface area contributed by atoms with E-state index in [2.05, 4.69) is 63.9 Å². The first kappa shape index (κ1) is 16.0. The number of benzene rings is 1. The summed E-state index contributed by atoms with van der Waals surface area (Å²) in [5, 5.41) is 0. The average Bonchev–Trinajstić information content (AvgIpc) is 2.43. The molecule has 1 aromatic rings. The van der Waals surface area contributed by atoms with Crippen molar-refractivity contribution < 1.29 is 0 Å². The molecule has 2 nitrogen and oxygen atoms in total. The van der Waals surface area contributed by atoms with Crippen LogP contribution in [0.25, 0.3) is 0 Å². The van der Waals surface area contributed by atoms with Crippen LogP contribution in [-0.2, 0) is 0 Å². The normalized spacial score (nSPS) is 14.5. The number of nitrogens with zero attached hydrogens (tertiary/aromatic N) is 1. The van der Waals surface area contributed by atoms with Gasteiger partial charge in [0.2, 0.25) is 0 Å². The van der Waals surface area contributed by atoms with Crippen molar-refractivity contribution in [1.82, 2.24) is 0 Å². The van der Waals surface area contributed by atoms with Crippen LogP contribution in [0.1, 0.15) is 45.6 Å². The lowest BCUT2D eigenvalue weighted by molar-refractivity contribution is 0.398. The predicted molar refractivity (Wildman–Crippen MR) is 85.8 cm³/mol. The van der Waals surface area contributed by atoms with E-state index < -0.39 is 0 Å². The Hall–Kier alpha value is -1.02. The molecule has 2 atom stereocenters. The van der Waals surface area contributed by atoms with Crippen molar-refractivity contribution in [3.8, 4) is 0 Å². The standard InChI is InChI=1S/C17H30N2/c1-6-14(4)15-7-9-17(10-8-15)19(5)12-16(11-18)13(2)3/h7-10,13-14,16H,6,11-12,18H2,1-5H3. The molecule has 0 heterocycles. The van der Waals surface area contributed by atoms with Crippen LogP contribution >= 0.6 is 0 Å². The second-order valence-corrected chi connectivity index (χ2v) is 6.02. The summed E-state index contributed by atoms with van der Waals surface area (Å²) < 4.78 is 0. The van der Waals surface area contributed by atoms with Gasteiger partial charge in [0.25, 0.3) is 0 Å². The molecule has 108 valence electrons. The molecule has 0 aliphatic heterocycles. The molecule has 0 spiro atoms. The molecule has 2 heteroatoms. The van der Waals surface area contributed by atoms with E-state index >= 15 is 0 Å². The lowest BCUT2D eigenvalue weighted by atomic mass is 9.95. The predicted octanol–water partition coefficient (Wildman–Crippen LogP) is 3.87. The minimum absolute atomic E-state index is 0.555. The molecule has 0 bridgehead atoms. The van der Waals surface area contributed by atoms with Gasteiger partial charge in [-0.3, -0.25) is 0 Å². The highest BCUT2D eigenvalue weighted by atomic mass is 15.1. The average molecular weight is 262 g/mol. The first-order valence-corrected chi connectivity index (χ1v) is 7.50. The molecule has 0 fully saturated rings. The van der Waals surface area contributed by atoms with Gasteiger partial charge in [-0.05, 0) is 48.4 Å². The molecule has 19 heavy (non-hydrogen) atoms. The molecule has 0 amide bonds. The highest BCUT2D eigenvalue weighted by Crippen LogP contribution is 2.23. The highest BCUT2D eigenvalue weighted by Gasteiger charge is 2.14. The van der Waals surface area contributed by atoms with Crippen molar-refractivity contribution in [2.45, 2.75) is 40.0 Å². The minimum Gasteiger partial charge on any atom is -0.374 e. The summed E-state index contributed by atoms with van der Waals surface area (Å²) in [5.74, 6) is 1.83. The van der Waals surface area contributed by atoms with Crippen LogP contribution in [0.5, 0.6) is 0 Å². The van der Waals surface area contributed by atoms with E-state index in [4.69, 9.17) is 5.73 Å². The zero-order chi connectivity index (χ0) is 14.4. The summed E-state index contributed by atoms with van der Waals surface area (Å²) >= 11 is 0. The molecule has 0 saturated carbocycles. The van der Waals surface area contributed by atoms with Gasteiger partial charge >= 0.3 is 0 Å². The molecule has 0 aliphatic rings. The number of nitrogens with two attached hydrogens (primary N) is 1. The van der Waals surface area contributed by atoms with Gasteiger partial charge < -0.3 is 10.6 Å². The third-order valence-corrected chi connectivity index (χ3v) is 4.27. The van der Waals surface area contributed by atoms with Crippen LogP contribution in [0.4, 0.5) is 5.69 Å². The minimum atomic E-state index is 0.555. The van der Waals surface area contributed by atoms with E-state index in [0.717, 1.165) is 13.1 Å². The van der Waals surface area contributed by atoms with E-state index in [0.29, 0.717) is 17.8 Å². The van der Waals surface area contributed by atoms with E-state index in [1.165, 1.54) is 17.7 Å². The van der Waals surface area contributed by atoms with Crippen LogP contribution in [0.2, 0.25) is 0 Å². The molecule has 2 N–H and O–H groups in total. The van der Waals surface area contributed by atoms with Gasteiger partial charge in [-0.15, -0.1) is 0 Å². The Labute approximate surface area is 119 Å². The van der Waals surface area contributed by atoms with Gasteiger partial charge in [-0.1, -0.05) is 39.8 Å². The van der Waals surface area contributed by atoms with E-state index in [1.807, 2.05) is 0 Å². The van der Waals surface area contributed by atoms with Crippen molar-refractivity contribution in [3.05, 3.63) is 29.8 Å². The topological polar surface area (TPSA) is 29.3 Å². The SMILES string of the molecule is CCC(C)c1ccc(N(C)CC(CN)C(C)C)cc1. The molecule has 0 aliphatic carbocycles. The van der Waals surface area contributed by atoms with E-state index in [9.17, 15) is 0 Å². The van der Waals surface area contributed by atoms with Crippen LogP contribution in [0, 0.1) is 11.8 Å². The molecule has 0 aromatic heterocycles. The Balaban J connectivity index is 2.69. The van der Waals surface area contributed by atoms with E-state index in [1.54, 1.807) is 0 Å². The maximum Gasteiger partial charge on any atom is 0.0363 e. The van der Waals surface area contributed by atoms with E-state index in [-0.39, 0.29) is 0 Å². The fourth-order valence-corrected chi connectivity index (χ4v) is 2.31. The quantitative estimate of drug-likeness (QED) is 0.808. The summed E-state index contributed by atoms with van der Waals surface area (Å²) in [6.45, 7) is 10.8. The van der Waals surface area contributed by atoms with Gasteiger partial charge in [0.15, 0.2) is 0 Å². The van der Waals surface area contributed by atoms with Crippen LogP contribution in [-0.4, -0.2) is 20.1 Å². The smallest absolute Gasteiger partial charge is 0.0363 e.